The second kappa shape index (κ2) is 8.55. The van der Waals surface area contributed by atoms with Crippen LogP contribution in [0.2, 0.25) is 0 Å². The zero-order valence-corrected chi connectivity index (χ0v) is 11.3. The first-order valence-corrected chi connectivity index (χ1v) is 6.56. The number of nitrogens with zero attached hydrogens (tertiary/aromatic N) is 2. The van der Waals surface area contributed by atoms with Crippen LogP contribution in [0.1, 0.15) is 47.0 Å². The van der Waals surface area contributed by atoms with Crippen molar-refractivity contribution in [3.05, 3.63) is 0 Å². The molecule has 0 bridgehead atoms. The van der Waals surface area contributed by atoms with Gasteiger partial charge in [-0.15, -0.1) is 0 Å². The van der Waals surface area contributed by atoms with Gasteiger partial charge in [0.1, 0.15) is 5.54 Å². The van der Waals surface area contributed by atoms with Crippen LogP contribution in [-0.2, 0) is 0 Å². The van der Waals surface area contributed by atoms with Gasteiger partial charge >= 0.3 is 0 Å². The molecule has 0 aliphatic rings. The molecule has 3 nitrogen and oxygen atoms in total. The van der Waals surface area contributed by atoms with Crippen LogP contribution in [0.25, 0.3) is 0 Å². The van der Waals surface area contributed by atoms with Crippen LogP contribution in [0.15, 0.2) is 0 Å². The van der Waals surface area contributed by atoms with Crippen molar-refractivity contribution >= 4 is 0 Å². The van der Waals surface area contributed by atoms with Crippen LogP contribution in [0.3, 0.4) is 0 Å². The van der Waals surface area contributed by atoms with Crippen molar-refractivity contribution in [3.63, 3.8) is 0 Å². The van der Waals surface area contributed by atoms with Gasteiger partial charge in [0.05, 0.1) is 6.07 Å². The first-order valence-electron chi connectivity index (χ1n) is 6.56. The molecule has 0 saturated heterocycles. The lowest BCUT2D eigenvalue weighted by Crippen LogP contribution is -2.46. The summed E-state index contributed by atoms with van der Waals surface area (Å²) in [6.07, 6.45) is 2.88. The zero-order valence-electron chi connectivity index (χ0n) is 11.3. The number of nitrogens with one attached hydrogen (secondary N) is 1. The third-order valence-corrected chi connectivity index (χ3v) is 3.28. The maximum absolute atomic E-state index is 9.26. The molecular weight excluding hydrogens is 198 g/mol. The predicted molar refractivity (Wildman–Crippen MR) is 69.3 cm³/mol. The minimum Gasteiger partial charge on any atom is -0.303 e. The molecule has 16 heavy (non-hydrogen) atoms. The second-order valence-corrected chi connectivity index (χ2v) is 4.25. The molecule has 3 heteroatoms. The molecule has 0 spiro atoms. The van der Waals surface area contributed by atoms with Crippen molar-refractivity contribution in [2.45, 2.75) is 52.5 Å². The summed E-state index contributed by atoms with van der Waals surface area (Å²) in [5.41, 5.74) is -0.304. The molecule has 0 amide bonds. The maximum Gasteiger partial charge on any atom is 0.106 e. The number of hydrogen-bond acceptors (Lipinski definition) is 3. The summed E-state index contributed by atoms with van der Waals surface area (Å²) in [5.74, 6) is 0. The third kappa shape index (κ3) is 4.96. The van der Waals surface area contributed by atoms with Crippen LogP contribution in [-0.4, -0.2) is 36.6 Å². The lowest BCUT2D eigenvalue weighted by atomic mass is 9.92. The van der Waals surface area contributed by atoms with Crippen LogP contribution in [0, 0.1) is 11.3 Å². The number of likely N-dealkylation sites (N-methyl/N-ethyl adjacent to an activating group) is 1. The highest BCUT2D eigenvalue weighted by Crippen LogP contribution is 2.15. The lowest BCUT2D eigenvalue weighted by Gasteiger charge is -2.28. The minimum absolute atomic E-state index is 0.304. The van der Waals surface area contributed by atoms with E-state index >= 15 is 0 Å². The van der Waals surface area contributed by atoms with Gasteiger partial charge in [0.25, 0.3) is 0 Å². The Bertz CT molecular complexity index is 206. The fourth-order valence-corrected chi connectivity index (χ4v) is 1.98. The van der Waals surface area contributed by atoms with Crippen LogP contribution < -0.4 is 5.32 Å². The number of hydrogen-bond donors (Lipinski definition) is 1. The maximum atomic E-state index is 9.26. The smallest absolute Gasteiger partial charge is 0.106 e. The van der Waals surface area contributed by atoms with E-state index in [4.69, 9.17) is 0 Å². The van der Waals surface area contributed by atoms with Gasteiger partial charge in [0.15, 0.2) is 0 Å². The van der Waals surface area contributed by atoms with Gasteiger partial charge in [-0.1, -0.05) is 34.1 Å². The topological polar surface area (TPSA) is 39.1 Å². The van der Waals surface area contributed by atoms with Crippen molar-refractivity contribution in [1.82, 2.24) is 10.2 Å². The van der Waals surface area contributed by atoms with Crippen LogP contribution in [0.5, 0.6) is 0 Å². The largest absolute Gasteiger partial charge is 0.303 e. The van der Waals surface area contributed by atoms with Gasteiger partial charge < -0.3 is 4.90 Å². The van der Waals surface area contributed by atoms with Gasteiger partial charge in [-0.3, -0.25) is 5.32 Å². The van der Waals surface area contributed by atoms with Crippen molar-refractivity contribution in [2.24, 2.45) is 0 Å². The third-order valence-electron chi connectivity index (χ3n) is 3.28. The first kappa shape index (κ1) is 15.4. The predicted octanol–water partition coefficient (Wildman–Crippen LogP) is 2.39. The molecule has 94 valence electrons. The highest BCUT2D eigenvalue weighted by molar-refractivity contribution is 5.05. The van der Waals surface area contributed by atoms with E-state index in [2.05, 4.69) is 44.0 Å². The van der Waals surface area contributed by atoms with E-state index in [1.165, 1.54) is 0 Å². The van der Waals surface area contributed by atoms with Crippen molar-refractivity contribution in [3.8, 4) is 6.07 Å². The van der Waals surface area contributed by atoms with Gasteiger partial charge in [0.2, 0.25) is 0 Å². The first-order chi connectivity index (χ1) is 7.67. The normalized spacial score (nSPS) is 14.8. The molecule has 0 aliphatic carbocycles. The summed E-state index contributed by atoms with van der Waals surface area (Å²) >= 11 is 0. The fourth-order valence-electron chi connectivity index (χ4n) is 1.98. The lowest BCUT2D eigenvalue weighted by molar-refractivity contribution is 0.278. The molecule has 0 radical (unpaired) electrons. The number of rotatable bonds is 9. The van der Waals surface area contributed by atoms with Gasteiger partial charge in [0, 0.05) is 13.1 Å². The quantitative estimate of drug-likeness (QED) is 0.655. The molecule has 1 atom stereocenters. The molecule has 0 heterocycles. The Morgan fingerprint density at radius 1 is 1.19 bits per heavy atom. The Balaban J connectivity index is 4.08. The van der Waals surface area contributed by atoms with E-state index in [1.54, 1.807) is 0 Å². The Morgan fingerprint density at radius 3 is 2.19 bits per heavy atom. The standard InChI is InChI=1S/C13H27N3/c1-5-9-13(6-2,12-14)15-10-11-16(7-3)8-4/h15H,5-11H2,1-4H3. The molecule has 0 rings (SSSR count). The van der Waals surface area contributed by atoms with Crippen LogP contribution in [0.4, 0.5) is 0 Å². The van der Waals surface area contributed by atoms with Crippen molar-refractivity contribution in [2.75, 3.05) is 26.2 Å². The summed E-state index contributed by atoms with van der Waals surface area (Å²) in [6.45, 7) is 12.7. The van der Waals surface area contributed by atoms with E-state index in [0.29, 0.717) is 0 Å². The Kier molecular flexibility index (Phi) is 8.23. The van der Waals surface area contributed by atoms with E-state index in [9.17, 15) is 5.26 Å². The number of nitriles is 1. The molecule has 0 aromatic heterocycles. The summed E-state index contributed by atoms with van der Waals surface area (Å²) in [6, 6.07) is 2.45. The van der Waals surface area contributed by atoms with Crippen molar-refractivity contribution < 1.29 is 0 Å². The van der Waals surface area contributed by atoms with Crippen LogP contribution >= 0.6 is 0 Å². The molecule has 0 aromatic carbocycles. The summed E-state index contributed by atoms with van der Waals surface area (Å²) in [4.78, 5) is 2.37. The summed E-state index contributed by atoms with van der Waals surface area (Å²) in [5, 5.41) is 12.7. The Labute approximate surface area is 101 Å². The van der Waals surface area contributed by atoms with E-state index in [-0.39, 0.29) is 5.54 Å². The van der Waals surface area contributed by atoms with E-state index in [0.717, 1.165) is 45.4 Å². The molecule has 1 unspecified atom stereocenters. The molecule has 0 aromatic rings. The second-order valence-electron chi connectivity index (χ2n) is 4.25. The van der Waals surface area contributed by atoms with Crippen molar-refractivity contribution in [1.29, 1.82) is 5.26 Å². The molecule has 0 aliphatic heterocycles. The molecule has 1 N–H and O–H groups in total. The molecule has 0 saturated carbocycles. The highest BCUT2D eigenvalue weighted by atomic mass is 15.1. The average molecular weight is 225 g/mol. The average Bonchev–Trinajstić information content (AvgIpc) is 2.33. The summed E-state index contributed by atoms with van der Waals surface area (Å²) in [7, 11) is 0. The Hall–Kier alpha value is -0.590. The summed E-state index contributed by atoms with van der Waals surface area (Å²) < 4.78 is 0. The minimum atomic E-state index is -0.304. The zero-order chi connectivity index (χ0) is 12.4. The monoisotopic (exact) mass is 225 g/mol. The van der Waals surface area contributed by atoms with Gasteiger partial charge in [-0.05, 0) is 25.9 Å². The Morgan fingerprint density at radius 2 is 1.81 bits per heavy atom. The SMILES string of the molecule is CCCC(C#N)(CC)NCCN(CC)CC. The van der Waals surface area contributed by atoms with Gasteiger partial charge in [-0.25, -0.2) is 0 Å². The molecular formula is C13H27N3. The highest BCUT2D eigenvalue weighted by Gasteiger charge is 2.25. The van der Waals surface area contributed by atoms with E-state index < -0.39 is 0 Å². The molecule has 0 fully saturated rings. The van der Waals surface area contributed by atoms with E-state index in [1.807, 2.05) is 0 Å². The fraction of sp³-hybridized carbons (Fsp3) is 0.923. The van der Waals surface area contributed by atoms with Gasteiger partial charge in [-0.2, -0.15) is 5.26 Å².